The average Bonchev–Trinajstić information content (AvgIpc) is 3.33. The lowest BCUT2D eigenvalue weighted by atomic mass is 9.95. The summed E-state index contributed by atoms with van der Waals surface area (Å²) in [5.74, 6) is 0. The molecule has 0 amide bonds. The molecule has 0 spiro atoms. The summed E-state index contributed by atoms with van der Waals surface area (Å²) in [6, 6.07) is 0. The van der Waals surface area contributed by atoms with Gasteiger partial charge in [-0.15, -0.1) is 0 Å². The van der Waals surface area contributed by atoms with Crippen molar-refractivity contribution in [2.45, 2.75) is 184 Å². The first-order valence-electron chi connectivity index (χ1n) is 21.5. The molecule has 68 heavy (non-hydrogen) atoms. The molecule has 398 valence electrons. The van der Waals surface area contributed by atoms with E-state index in [2.05, 4.69) is 0 Å². The molecular weight excluding hydrogens is 940 g/mol. The van der Waals surface area contributed by atoms with Crippen molar-refractivity contribution in [2.24, 2.45) is 0 Å². The largest absolute Gasteiger partial charge is 0.394 e. The van der Waals surface area contributed by atoms with Crippen LogP contribution in [0.15, 0.2) is 0 Å². The molecule has 19 N–H and O–H groups in total. The Morgan fingerprint density at radius 1 is 0.294 bits per heavy atom. The zero-order valence-electron chi connectivity index (χ0n) is 36.0. The predicted molar refractivity (Wildman–Crippen MR) is 204 cm³/mol. The highest BCUT2D eigenvalue weighted by atomic mass is 16.8. The van der Waals surface area contributed by atoms with Crippen molar-refractivity contribution in [3.63, 3.8) is 0 Å². The second-order valence-electron chi connectivity index (χ2n) is 17.0. The molecule has 12 unspecified atom stereocenters. The van der Waals surface area contributed by atoms with E-state index in [0.29, 0.717) is 0 Å². The average molecular weight is 1000 g/mol. The van der Waals surface area contributed by atoms with Gasteiger partial charge in [-0.1, -0.05) is 0 Å². The van der Waals surface area contributed by atoms with Gasteiger partial charge in [-0.2, -0.15) is 0 Å². The Bertz CT molecular complexity index is 1520. The van der Waals surface area contributed by atoms with Crippen LogP contribution in [0, 0.1) is 0 Å². The fourth-order valence-electron chi connectivity index (χ4n) is 8.69. The first-order chi connectivity index (χ1) is 32.3. The maximum absolute atomic E-state index is 11.5. The molecule has 0 bridgehead atoms. The second-order valence-corrected chi connectivity index (χ2v) is 17.0. The van der Waals surface area contributed by atoms with E-state index in [4.69, 9.17) is 56.8 Å². The Labute approximate surface area is 384 Å². The number of aliphatic hydroxyl groups excluding tert-OH is 19. The van der Waals surface area contributed by atoms with Gasteiger partial charge in [-0.3, -0.25) is 0 Å². The van der Waals surface area contributed by atoms with Crippen LogP contribution < -0.4 is 0 Å². The summed E-state index contributed by atoms with van der Waals surface area (Å²) in [7, 11) is 1.18. The molecule has 0 saturated carbocycles. The number of hydrogen-bond donors (Lipinski definition) is 19. The van der Waals surface area contributed by atoms with E-state index < -0.39 is 224 Å². The predicted octanol–water partition coefficient (Wildman–Crippen LogP) is -13.4. The minimum atomic E-state index is -2.23. The van der Waals surface area contributed by atoms with Crippen molar-refractivity contribution in [1.29, 1.82) is 0 Å². The van der Waals surface area contributed by atoms with Gasteiger partial charge >= 0.3 is 0 Å². The molecule has 6 rings (SSSR count). The minimum absolute atomic E-state index is 0.704. The molecule has 6 aliphatic rings. The Hall–Kier alpha value is -1.24. The van der Waals surface area contributed by atoms with Crippen LogP contribution in [-0.2, 0) is 56.8 Å². The molecule has 6 fully saturated rings. The summed E-state index contributed by atoms with van der Waals surface area (Å²) in [4.78, 5) is 0. The summed E-state index contributed by atoms with van der Waals surface area (Å²) in [5.41, 5.74) is 0. The zero-order valence-corrected chi connectivity index (χ0v) is 36.0. The third kappa shape index (κ3) is 11.4. The van der Waals surface area contributed by atoms with Crippen molar-refractivity contribution >= 4 is 0 Å². The summed E-state index contributed by atoms with van der Waals surface area (Å²) < 4.78 is 66.5. The standard InChI is InChI=1S/C37H64O31/c1-57-27-9(3-39)61-34(23(52)17(27)46)66-29-11(5-41)62-35(24(53)18(29)47)67-30-12(6-42)63-36(25(54)19(30)48)68-31-13(7-58-33-22(51)15(44)14(43)8(2-38)60-33)64-37(26(55)20(31)49)65-28-10(4-40)59-32(56)21(50)16(28)45/h8-56H,2-7H2,1H3/t8-,9?,10?,11-,12?,13-,14-,15?,16+,17-,18?,19+,20?,21?,22?,23?,24?,25?,26?,27+,28+,29+,30+,31+,32+,33-,34-,35+,36-,37+/m0/s1. The van der Waals surface area contributed by atoms with Gasteiger partial charge in [0.05, 0.1) is 39.6 Å². The van der Waals surface area contributed by atoms with Gasteiger partial charge in [0.15, 0.2) is 37.7 Å². The molecule has 0 aromatic heterocycles. The smallest absolute Gasteiger partial charge is 0.187 e. The van der Waals surface area contributed by atoms with Crippen molar-refractivity contribution < 1.29 is 154 Å². The fourth-order valence-corrected chi connectivity index (χ4v) is 8.69. The van der Waals surface area contributed by atoms with Crippen LogP contribution >= 0.6 is 0 Å². The number of rotatable bonds is 17. The lowest BCUT2D eigenvalue weighted by Crippen LogP contribution is -2.68. The quantitative estimate of drug-likeness (QED) is 0.0643. The van der Waals surface area contributed by atoms with Crippen LogP contribution in [0.5, 0.6) is 0 Å². The highest BCUT2D eigenvalue weighted by molar-refractivity contribution is 4.99. The zero-order chi connectivity index (χ0) is 50.0. The van der Waals surface area contributed by atoms with Crippen LogP contribution in [0.4, 0.5) is 0 Å². The molecule has 0 aromatic carbocycles. The van der Waals surface area contributed by atoms with E-state index in [1.807, 2.05) is 0 Å². The minimum Gasteiger partial charge on any atom is -0.394 e. The molecule has 0 radical (unpaired) electrons. The van der Waals surface area contributed by atoms with Crippen molar-refractivity contribution in [2.75, 3.05) is 46.8 Å². The molecule has 31 nitrogen and oxygen atoms in total. The summed E-state index contributed by atoms with van der Waals surface area (Å²) >= 11 is 0. The number of hydrogen-bond acceptors (Lipinski definition) is 31. The molecule has 6 heterocycles. The third-order valence-electron chi connectivity index (χ3n) is 12.7. The Morgan fingerprint density at radius 2 is 0.588 bits per heavy atom. The highest BCUT2D eigenvalue weighted by Gasteiger charge is 2.57. The van der Waals surface area contributed by atoms with E-state index in [1.54, 1.807) is 0 Å². The first-order valence-corrected chi connectivity index (χ1v) is 21.5. The monoisotopic (exact) mass is 1000 g/mol. The number of methoxy groups -OCH3 is 1. The van der Waals surface area contributed by atoms with Gasteiger partial charge in [-0.25, -0.2) is 0 Å². The van der Waals surface area contributed by atoms with Gasteiger partial charge in [0, 0.05) is 7.11 Å². The van der Waals surface area contributed by atoms with E-state index in [-0.39, 0.29) is 0 Å². The van der Waals surface area contributed by atoms with Crippen molar-refractivity contribution in [3.8, 4) is 0 Å². The first kappa shape index (κ1) is 56.1. The Balaban J connectivity index is 1.17. The lowest BCUT2D eigenvalue weighted by molar-refractivity contribution is -0.395. The second kappa shape index (κ2) is 24.2. The van der Waals surface area contributed by atoms with Gasteiger partial charge in [-0.05, 0) is 0 Å². The lowest BCUT2D eigenvalue weighted by Gasteiger charge is -2.49. The molecule has 6 aliphatic heterocycles. The maximum Gasteiger partial charge on any atom is 0.187 e. The van der Waals surface area contributed by atoms with Crippen LogP contribution in [-0.4, -0.2) is 328 Å². The highest BCUT2D eigenvalue weighted by Crippen LogP contribution is 2.36. The van der Waals surface area contributed by atoms with Gasteiger partial charge in [0.2, 0.25) is 0 Å². The van der Waals surface area contributed by atoms with Crippen LogP contribution in [0.2, 0.25) is 0 Å². The topological polar surface area (TPSA) is 495 Å². The van der Waals surface area contributed by atoms with Crippen LogP contribution in [0.3, 0.4) is 0 Å². The van der Waals surface area contributed by atoms with Crippen LogP contribution in [0.25, 0.3) is 0 Å². The molecule has 0 aromatic rings. The van der Waals surface area contributed by atoms with Gasteiger partial charge in [0.25, 0.3) is 0 Å². The van der Waals surface area contributed by atoms with E-state index in [9.17, 15) is 97.0 Å². The Kier molecular flexibility index (Phi) is 19.9. The van der Waals surface area contributed by atoms with Crippen LogP contribution in [0.1, 0.15) is 0 Å². The summed E-state index contributed by atoms with van der Waals surface area (Å²) in [6.07, 6.45) is -55.7. The summed E-state index contributed by atoms with van der Waals surface area (Å²) in [6.45, 7) is -5.37. The van der Waals surface area contributed by atoms with E-state index in [1.165, 1.54) is 7.11 Å². The fraction of sp³-hybridized carbons (Fsp3) is 1.00. The SMILES string of the molecule is CO[C@@H]1C(CO)O[C@@H](O[C@H]2C(O)C(O)[C@@H](O[C@@H]3C(CO)O[C@@H](O[C@H]4C(O)C(O)[C@@H](O[C@@H]5C(CO)O[C@@H](O)C(O)[C@H]5O)O[C@H]4CO[C@H]4O[C@@H](CO)[C@H](O)C(O)C4O)C(O)[C@H]3O)O[C@H]2CO)C(O)[C@@H]1O. The molecule has 31 heteroatoms. The molecule has 30 atom stereocenters. The van der Waals surface area contributed by atoms with Crippen molar-refractivity contribution in [1.82, 2.24) is 0 Å². The third-order valence-corrected chi connectivity index (χ3v) is 12.7. The maximum atomic E-state index is 11.5. The number of aliphatic hydroxyl groups is 19. The molecule has 6 saturated heterocycles. The van der Waals surface area contributed by atoms with Crippen molar-refractivity contribution in [3.05, 3.63) is 0 Å². The van der Waals surface area contributed by atoms with Gasteiger partial charge < -0.3 is 154 Å². The number of ether oxygens (including phenoxy) is 12. The normalized spacial score (nSPS) is 52.8. The Morgan fingerprint density at radius 3 is 0.971 bits per heavy atom. The summed E-state index contributed by atoms with van der Waals surface area (Å²) in [5, 5.41) is 200. The van der Waals surface area contributed by atoms with E-state index in [0.717, 1.165) is 0 Å². The molecular formula is C37H64O31. The molecule has 0 aliphatic carbocycles. The van der Waals surface area contributed by atoms with E-state index >= 15 is 0 Å². The van der Waals surface area contributed by atoms with Gasteiger partial charge in [0.1, 0.15) is 146 Å².